The molecule has 3 heteroatoms. The van der Waals surface area contributed by atoms with Crippen LogP contribution in [0.2, 0.25) is 0 Å². The van der Waals surface area contributed by atoms with Gasteiger partial charge in [0.05, 0.1) is 12.7 Å². The first kappa shape index (κ1) is 10.4. The van der Waals surface area contributed by atoms with Crippen molar-refractivity contribution in [2.24, 2.45) is 5.92 Å². The van der Waals surface area contributed by atoms with Gasteiger partial charge in [0.25, 0.3) is 0 Å². The van der Waals surface area contributed by atoms with Crippen molar-refractivity contribution in [2.45, 2.75) is 25.4 Å². The fourth-order valence-electron chi connectivity index (χ4n) is 1.95. The predicted molar refractivity (Wildman–Crippen MR) is 55.2 cm³/mol. The maximum absolute atomic E-state index is 13.0. The van der Waals surface area contributed by atoms with Crippen LogP contribution >= 0.6 is 0 Å². The lowest BCUT2D eigenvalue weighted by molar-refractivity contribution is 0.0306. The molecule has 1 N–H and O–H groups in total. The first-order chi connectivity index (χ1) is 7.05. The van der Waals surface area contributed by atoms with Gasteiger partial charge in [-0.15, -0.1) is 0 Å². The average Bonchev–Trinajstić information content (AvgIpc) is 3.00. The molecule has 1 aromatic rings. The molecule has 15 heavy (non-hydrogen) atoms. The summed E-state index contributed by atoms with van der Waals surface area (Å²) in [6.45, 7) is 1.76. The van der Waals surface area contributed by atoms with E-state index >= 15 is 0 Å². The molecule has 1 aliphatic carbocycles. The molecule has 2 nitrogen and oxygen atoms in total. The standard InChI is InChI=1S/C12H15FO2/c1-12(14,8-3-4-8)10-6-5-9(13)7-11(10)15-2/h5-8,14H,3-4H2,1-2H3/t12-/m1/s1. The van der Waals surface area contributed by atoms with Crippen molar-refractivity contribution in [1.82, 2.24) is 0 Å². The van der Waals surface area contributed by atoms with Gasteiger partial charge in [0, 0.05) is 11.6 Å². The second-order valence-electron chi connectivity index (χ2n) is 4.27. The van der Waals surface area contributed by atoms with Gasteiger partial charge in [0.1, 0.15) is 11.6 Å². The largest absolute Gasteiger partial charge is 0.496 e. The van der Waals surface area contributed by atoms with Gasteiger partial charge in [-0.05, 0) is 37.8 Å². The molecule has 1 aromatic carbocycles. The summed E-state index contributed by atoms with van der Waals surface area (Å²) in [4.78, 5) is 0. The van der Waals surface area contributed by atoms with E-state index in [-0.39, 0.29) is 11.7 Å². The third-order valence-electron chi connectivity index (χ3n) is 3.08. The molecule has 1 aliphatic rings. The van der Waals surface area contributed by atoms with E-state index in [1.807, 2.05) is 0 Å². The van der Waals surface area contributed by atoms with Crippen LogP contribution in [-0.4, -0.2) is 12.2 Å². The predicted octanol–water partition coefficient (Wildman–Crippen LogP) is 2.45. The van der Waals surface area contributed by atoms with Gasteiger partial charge in [0.15, 0.2) is 0 Å². The highest BCUT2D eigenvalue weighted by Gasteiger charge is 2.42. The number of hydrogen-bond donors (Lipinski definition) is 1. The molecule has 0 heterocycles. The summed E-state index contributed by atoms with van der Waals surface area (Å²) in [5.74, 6) is 0.353. The van der Waals surface area contributed by atoms with Crippen LogP contribution in [0.15, 0.2) is 18.2 Å². The fourth-order valence-corrected chi connectivity index (χ4v) is 1.95. The van der Waals surface area contributed by atoms with E-state index in [0.717, 1.165) is 12.8 Å². The Morgan fingerprint density at radius 3 is 2.67 bits per heavy atom. The summed E-state index contributed by atoms with van der Waals surface area (Å²) in [5, 5.41) is 10.3. The van der Waals surface area contributed by atoms with Crippen molar-refractivity contribution in [2.75, 3.05) is 7.11 Å². The molecule has 0 saturated heterocycles. The Hall–Kier alpha value is -1.09. The quantitative estimate of drug-likeness (QED) is 0.830. The van der Waals surface area contributed by atoms with Crippen LogP contribution in [-0.2, 0) is 5.60 Å². The molecule has 0 amide bonds. The lowest BCUT2D eigenvalue weighted by Gasteiger charge is -2.25. The molecule has 1 atom stereocenters. The Kier molecular flexibility index (Phi) is 2.43. The molecular formula is C12H15FO2. The number of methoxy groups -OCH3 is 1. The van der Waals surface area contributed by atoms with Crippen LogP contribution in [0.25, 0.3) is 0 Å². The van der Waals surface area contributed by atoms with Gasteiger partial charge in [-0.25, -0.2) is 4.39 Å². The Labute approximate surface area is 88.7 Å². The average molecular weight is 210 g/mol. The fraction of sp³-hybridized carbons (Fsp3) is 0.500. The van der Waals surface area contributed by atoms with Crippen LogP contribution in [0.1, 0.15) is 25.3 Å². The number of aliphatic hydroxyl groups is 1. The molecular weight excluding hydrogens is 195 g/mol. The monoisotopic (exact) mass is 210 g/mol. The van der Waals surface area contributed by atoms with Crippen LogP contribution in [0.5, 0.6) is 5.75 Å². The van der Waals surface area contributed by atoms with Crippen LogP contribution in [0.4, 0.5) is 4.39 Å². The summed E-state index contributed by atoms with van der Waals surface area (Å²) in [5.41, 5.74) is -0.229. The molecule has 0 bridgehead atoms. The zero-order valence-corrected chi connectivity index (χ0v) is 8.96. The molecule has 0 unspecified atom stereocenters. The maximum Gasteiger partial charge on any atom is 0.127 e. The lowest BCUT2D eigenvalue weighted by Crippen LogP contribution is -2.24. The third-order valence-corrected chi connectivity index (χ3v) is 3.08. The molecule has 1 fully saturated rings. The molecule has 1 saturated carbocycles. The van der Waals surface area contributed by atoms with Crippen LogP contribution < -0.4 is 4.74 Å². The second kappa shape index (κ2) is 3.49. The van der Waals surface area contributed by atoms with Crippen molar-refractivity contribution in [3.05, 3.63) is 29.6 Å². The maximum atomic E-state index is 13.0. The van der Waals surface area contributed by atoms with Gasteiger partial charge in [-0.1, -0.05) is 0 Å². The molecule has 0 aromatic heterocycles. The first-order valence-corrected chi connectivity index (χ1v) is 5.12. The number of rotatable bonds is 3. The van der Waals surface area contributed by atoms with E-state index in [4.69, 9.17) is 4.74 Å². The van der Waals surface area contributed by atoms with E-state index in [9.17, 15) is 9.50 Å². The van der Waals surface area contributed by atoms with Crippen molar-refractivity contribution >= 4 is 0 Å². The summed E-state index contributed by atoms with van der Waals surface area (Å²) < 4.78 is 18.1. The minimum atomic E-state index is -0.904. The number of halogens is 1. The zero-order valence-electron chi connectivity index (χ0n) is 8.96. The van der Waals surface area contributed by atoms with Gasteiger partial charge >= 0.3 is 0 Å². The van der Waals surface area contributed by atoms with E-state index in [1.165, 1.54) is 19.2 Å². The van der Waals surface area contributed by atoms with Gasteiger partial charge in [-0.2, -0.15) is 0 Å². The molecule has 0 aliphatic heterocycles. The van der Waals surface area contributed by atoms with Gasteiger partial charge in [0.2, 0.25) is 0 Å². The number of ether oxygens (including phenoxy) is 1. The van der Waals surface area contributed by atoms with Gasteiger partial charge in [-0.3, -0.25) is 0 Å². The van der Waals surface area contributed by atoms with Crippen molar-refractivity contribution in [1.29, 1.82) is 0 Å². The van der Waals surface area contributed by atoms with E-state index in [0.29, 0.717) is 11.3 Å². The highest BCUT2D eigenvalue weighted by Crippen LogP contribution is 2.47. The Bertz CT molecular complexity index is 370. The van der Waals surface area contributed by atoms with Crippen LogP contribution in [0, 0.1) is 11.7 Å². The molecule has 0 spiro atoms. The van der Waals surface area contributed by atoms with Crippen molar-refractivity contribution < 1.29 is 14.2 Å². The van der Waals surface area contributed by atoms with E-state index < -0.39 is 5.60 Å². The SMILES string of the molecule is COc1cc(F)ccc1[C@](C)(O)C1CC1. The van der Waals surface area contributed by atoms with Crippen molar-refractivity contribution in [3.8, 4) is 5.75 Å². The topological polar surface area (TPSA) is 29.5 Å². The van der Waals surface area contributed by atoms with Crippen LogP contribution in [0.3, 0.4) is 0 Å². The summed E-state index contributed by atoms with van der Waals surface area (Å²) >= 11 is 0. The Morgan fingerprint density at radius 1 is 1.47 bits per heavy atom. The van der Waals surface area contributed by atoms with E-state index in [1.54, 1.807) is 13.0 Å². The molecule has 2 rings (SSSR count). The second-order valence-corrected chi connectivity index (χ2v) is 4.27. The summed E-state index contributed by atoms with van der Waals surface area (Å²) in [6, 6.07) is 4.27. The minimum absolute atomic E-state index is 0.275. The molecule has 0 radical (unpaired) electrons. The van der Waals surface area contributed by atoms with E-state index in [2.05, 4.69) is 0 Å². The molecule has 82 valence electrons. The first-order valence-electron chi connectivity index (χ1n) is 5.12. The Morgan fingerprint density at radius 2 is 2.13 bits per heavy atom. The van der Waals surface area contributed by atoms with Crippen molar-refractivity contribution in [3.63, 3.8) is 0 Å². The lowest BCUT2D eigenvalue weighted by atomic mass is 9.90. The number of benzene rings is 1. The highest BCUT2D eigenvalue weighted by molar-refractivity contribution is 5.39. The Balaban J connectivity index is 2.42. The smallest absolute Gasteiger partial charge is 0.127 e. The van der Waals surface area contributed by atoms with Gasteiger partial charge < -0.3 is 9.84 Å². The summed E-state index contributed by atoms with van der Waals surface area (Å²) in [6.07, 6.45) is 2.04. The third kappa shape index (κ3) is 1.84. The number of hydrogen-bond acceptors (Lipinski definition) is 2. The normalized spacial score (nSPS) is 19.7. The highest BCUT2D eigenvalue weighted by atomic mass is 19.1. The summed E-state index contributed by atoms with van der Waals surface area (Å²) in [7, 11) is 1.49. The minimum Gasteiger partial charge on any atom is -0.496 e. The zero-order chi connectivity index (χ0) is 11.1.